The number of ether oxygens (including phenoxy) is 1. The number of anilines is 1. The minimum absolute atomic E-state index is 0.0259. The molecule has 1 fully saturated rings. The Hall–Kier alpha value is -1.06. The van der Waals surface area contributed by atoms with Gasteiger partial charge in [0.2, 0.25) is 0 Å². The van der Waals surface area contributed by atoms with Crippen molar-refractivity contribution in [3.05, 3.63) is 29.3 Å². The van der Waals surface area contributed by atoms with Crippen molar-refractivity contribution in [2.24, 2.45) is 5.73 Å². The van der Waals surface area contributed by atoms with Crippen molar-refractivity contribution in [2.75, 3.05) is 25.1 Å². The summed E-state index contributed by atoms with van der Waals surface area (Å²) in [6.07, 6.45) is 4.68. The molecule has 2 atom stereocenters. The van der Waals surface area contributed by atoms with Gasteiger partial charge in [-0.25, -0.2) is 0 Å². The first-order valence-electron chi connectivity index (χ1n) is 8.15. The lowest BCUT2D eigenvalue weighted by atomic mass is 9.83. The second kappa shape index (κ2) is 6.80. The molecule has 1 aliphatic rings. The van der Waals surface area contributed by atoms with E-state index in [-0.39, 0.29) is 5.54 Å². The highest BCUT2D eigenvalue weighted by Crippen LogP contribution is 2.35. The predicted octanol–water partition coefficient (Wildman–Crippen LogP) is 3.42. The van der Waals surface area contributed by atoms with Gasteiger partial charge in [-0.15, -0.1) is 0 Å². The molecule has 1 aromatic rings. The Morgan fingerprint density at radius 1 is 1.38 bits per heavy atom. The van der Waals surface area contributed by atoms with Gasteiger partial charge in [0.25, 0.3) is 0 Å². The third-order valence-electron chi connectivity index (χ3n) is 4.94. The van der Waals surface area contributed by atoms with Gasteiger partial charge in [-0.2, -0.15) is 0 Å². The molecular formula is C18H30N2O. The molecule has 0 spiro atoms. The first-order valence-corrected chi connectivity index (χ1v) is 8.15. The maximum atomic E-state index is 6.22. The van der Waals surface area contributed by atoms with Crippen LogP contribution in [0.5, 0.6) is 0 Å². The minimum atomic E-state index is 0.0259. The van der Waals surface area contributed by atoms with Crippen molar-refractivity contribution < 1.29 is 4.74 Å². The van der Waals surface area contributed by atoms with Gasteiger partial charge in [0.1, 0.15) is 0 Å². The maximum absolute atomic E-state index is 6.22. The summed E-state index contributed by atoms with van der Waals surface area (Å²) in [7, 11) is 2.19. The highest BCUT2D eigenvalue weighted by Gasteiger charge is 2.39. The fraction of sp³-hybridized carbons (Fsp3) is 0.667. The van der Waals surface area contributed by atoms with Crippen LogP contribution < -0.4 is 10.6 Å². The topological polar surface area (TPSA) is 38.5 Å². The lowest BCUT2D eigenvalue weighted by Gasteiger charge is -2.48. The number of nitrogens with zero attached hydrogens (tertiary/aromatic N) is 1. The lowest BCUT2D eigenvalue weighted by molar-refractivity contribution is -0.0216. The second-order valence-corrected chi connectivity index (χ2v) is 6.51. The Balaban J connectivity index is 2.26. The molecule has 2 unspecified atom stereocenters. The summed E-state index contributed by atoms with van der Waals surface area (Å²) in [5, 5.41) is 0. The van der Waals surface area contributed by atoms with E-state index in [2.05, 4.69) is 50.9 Å². The van der Waals surface area contributed by atoms with E-state index >= 15 is 0 Å². The summed E-state index contributed by atoms with van der Waals surface area (Å²) in [6, 6.07) is 6.66. The average molecular weight is 290 g/mol. The Morgan fingerprint density at radius 2 is 2.14 bits per heavy atom. The summed E-state index contributed by atoms with van der Waals surface area (Å²) >= 11 is 0. The number of hydrogen-bond donors (Lipinski definition) is 1. The van der Waals surface area contributed by atoms with E-state index in [0.717, 1.165) is 25.9 Å². The fourth-order valence-corrected chi connectivity index (χ4v) is 3.57. The Morgan fingerprint density at radius 3 is 2.76 bits per heavy atom. The molecule has 0 amide bonds. The molecule has 2 N–H and O–H groups in total. The first kappa shape index (κ1) is 16.3. The van der Waals surface area contributed by atoms with Crippen molar-refractivity contribution >= 4 is 5.69 Å². The largest absolute Gasteiger partial charge is 0.378 e. The Kier molecular flexibility index (Phi) is 5.28. The number of nitrogens with two attached hydrogens (primary N) is 1. The molecule has 0 aromatic heterocycles. The van der Waals surface area contributed by atoms with Gasteiger partial charge < -0.3 is 15.4 Å². The number of benzene rings is 1. The maximum Gasteiger partial charge on any atom is 0.0597 e. The first-order chi connectivity index (χ1) is 10.0. The molecule has 21 heavy (non-hydrogen) atoms. The summed E-state index contributed by atoms with van der Waals surface area (Å²) in [5.74, 6) is 0. The van der Waals surface area contributed by atoms with E-state index in [0.29, 0.717) is 12.6 Å². The Labute approximate surface area is 129 Å². The van der Waals surface area contributed by atoms with Crippen LogP contribution >= 0.6 is 0 Å². The van der Waals surface area contributed by atoms with Gasteiger partial charge in [0.15, 0.2) is 0 Å². The molecule has 3 heteroatoms. The predicted molar refractivity (Wildman–Crippen MR) is 90.0 cm³/mol. The summed E-state index contributed by atoms with van der Waals surface area (Å²) in [6.45, 7) is 8.04. The van der Waals surface area contributed by atoms with Gasteiger partial charge in [-0.3, -0.25) is 0 Å². The standard InChI is InChI=1S/C18H30N2O/c1-5-6-16-12-18(13-19,9-10-21-16)20(4)17-8-7-14(2)11-15(17)3/h7-8,11,16H,5-6,9-10,12-13,19H2,1-4H3. The second-order valence-electron chi connectivity index (χ2n) is 6.51. The van der Waals surface area contributed by atoms with Crippen LogP contribution in [0.4, 0.5) is 5.69 Å². The van der Waals surface area contributed by atoms with Crippen LogP contribution in [0.2, 0.25) is 0 Å². The van der Waals surface area contributed by atoms with Gasteiger partial charge in [0.05, 0.1) is 11.6 Å². The monoisotopic (exact) mass is 290 g/mol. The molecule has 0 radical (unpaired) electrons. The molecule has 0 bridgehead atoms. The van der Waals surface area contributed by atoms with Gasteiger partial charge >= 0.3 is 0 Å². The summed E-state index contributed by atoms with van der Waals surface area (Å²) < 4.78 is 5.93. The van der Waals surface area contributed by atoms with Crippen molar-refractivity contribution in [1.29, 1.82) is 0 Å². The minimum Gasteiger partial charge on any atom is -0.378 e. The normalized spacial score (nSPS) is 25.9. The Bertz CT molecular complexity index is 472. The fourth-order valence-electron chi connectivity index (χ4n) is 3.57. The third-order valence-corrected chi connectivity index (χ3v) is 4.94. The lowest BCUT2D eigenvalue weighted by Crippen LogP contribution is -2.57. The van der Waals surface area contributed by atoms with Gasteiger partial charge in [0, 0.05) is 25.9 Å². The quantitative estimate of drug-likeness (QED) is 0.903. The molecule has 1 aliphatic heterocycles. The van der Waals surface area contributed by atoms with Crippen molar-refractivity contribution in [3.8, 4) is 0 Å². The molecule has 0 saturated carbocycles. The SMILES string of the molecule is CCCC1CC(CN)(N(C)c2ccc(C)cc2C)CCO1. The molecule has 1 aromatic carbocycles. The summed E-state index contributed by atoms with van der Waals surface area (Å²) in [4.78, 5) is 2.41. The van der Waals surface area contributed by atoms with Gasteiger partial charge in [-0.1, -0.05) is 31.0 Å². The van der Waals surface area contributed by atoms with E-state index in [9.17, 15) is 0 Å². The number of hydrogen-bond acceptors (Lipinski definition) is 3. The zero-order valence-electron chi connectivity index (χ0n) is 14.0. The molecule has 0 aliphatic carbocycles. The van der Waals surface area contributed by atoms with Crippen molar-refractivity contribution in [2.45, 2.75) is 58.1 Å². The van der Waals surface area contributed by atoms with E-state index in [1.54, 1.807) is 0 Å². The van der Waals surface area contributed by atoms with Crippen LogP contribution in [-0.4, -0.2) is 31.8 Å². The highest BCUT2D eigenvalue weighted by atomic mass is 16.5. The van der Waals surface area contributed by atoms with Crippen LogP contribution in [0.1, 0.15) is 43.7 Å². The van der Waals surface area contributed by atoms with Crippen LogP contribution in [0.3, 0.4) is 0 Å². The molecule has 2 rings (SSSR count). The van der Waals surface area contributed by atoms with Crippen LogP contribution in [0, 0.1) is 13.8 Å². The molecule has 1 heterocycles. The average Bonchev–Trinajstić information content (AvgIpc) is 2.47. The zero-order chi connectivity index (χ0) is 15.5. The smallest absolute Gasteiger partial charge is 0.0597 e. The third kappa shape index (κ3) is 3.41. The number of likely N-dealkylation sites (N-methyl/N-ethyl adjacent to an activating group) is 1. The molecule has 1 saturated heterocycles. The van der Waals surface area contributed by atoms with Crippen LogP contribution in [0.15, 0.2) is 18.2 Å². The zero-order valence-corrected chi connectivity index (χ0v) is 14.0. The summed E-state index contributed by atoms with van der Waals surface area (Å²) in [5.41, 5.74) is 10.2. The molecular weight excluding hydrogens is 260 g/mol. The molecule has 118 valence electrons. The molecule has 3 nitrogen and oxygen atoms in total. The van der Waals surface area contributed by atoms with Crippen LogP contribution in [-0.2, 0) is 4.74 Å². The van der Waals surface area contributed by atoms with Crippen molar-refractivity contribution in [3.63, 3.8) is 0 Å². The number of rotatable bonds is 5. The highest BCUT2D eigenvalue weighted by molar-refractivity contribution is 5.56. The van der Waals surface area contributed by atoms with E-state index in [1.807, 2.05) is 0 Å². The van der Waals surface area contributed by atoms with E-state index in [4.69, 9.17) is 10.5 Å². The number of aryl methyl sites for hydroxylation is 2. The van der Waals surface area contributed by atoms with Crippen LogP contribution in [0.25, 0.3) is 0 Å². The van der Waals surface area contributed by atoms with Gasteiger partial charge in [-0.05, 0) is 44.7 Å². The van der Waals surface area contributed by atoms with E-state index < -0.39 is 0 Å². The van der Waals surface area contributed by atoms with Crippen molar-refractivity contribution in [1.82, 2.24) is 0 Å². The van der Waals surface area contributed by atoms with E-state index in [1.165, 1.54) is 23.2 Å².